The molecule has 0 spiro atoms. The van der Waals surface area contributed by atoms with Crippen LogP contribution in [0.25, 0.3) is 12.7 Å². The molecule has 0 bridgehead atoms. The van der Waals surface area contributed by atoms with E-state index >= 15 is 0 Å². The maximum Gasteiger partial charge on any atom is 0.250 e. The van der Waals surface area contributed by atoms with E-state index in [2.05, 4.69) is 39.8 Å². The van der Waals surface area contributed by atoms with Crippen LogP contribution in [0, 0.1) is 0 Å². The van der Waals surface area contributed by atoms with Crippen molar-refractivity contribution in [2.75, 3.05) is 19.6 Å². The largest absolute Gasteiger partial charge is 0.404 e. The van der Waals surface area contributed by atoms with Crippen LogP contribution in [0.5, 0.6) is 0 Å². The zero-order valence-electron chi connectivity index (χ0n) is 21.3. The van der Waals surface area contributed by atoms with Crippen molar-refractivity contribution in [2.45, 2.75) is 63.6 Å². The molecule has 1 saturated carbocycles. The average molecular weight is 499 g/mol. The number of piperidine rings is 1. The third-order valence-electron chi connectivity index (χ3n) is 6.67. The molecule has 1 aromatic carbocycles. The van der Waals surface area contributed by atoms with E-state index < -0.39 is 5.92 Å². The number of likely N-dealkylation sites (tertiary alicyclic amines) is 1. The Balaban J connectivity index is 1.75. The topological polar surface area (TPSA) is 91.7 Å². The van der Waals surface area contributed by atoms with Gasteiger partial charge < -0.3 is 22.1 Å². The van der Waals surface area contributed by atoms with Gasteiger partial charge in [-0.2, -0.15) is 0 Å². The van der Waals surface area contributed by atoms with Crippen LogP contribution in [0.3, 0.4) is 0 Å². The molecular weight excluding hydrogens is 458 g/mol. The quantitative estimate of drug-likeness (QED) is 0.333. The van der Waals surface area contributed by atoms with Crippen molar-refractivity contribution in [1.29, 1.82) is 0 Å². The molecule has 1 aliphatic heterocycles. The molecule has 2 fully saturated rings. The van der Waals surface area contributed by atoms with Crippen molar-refractivity contribution in [2.24, 2.45) is 16.5 Å². The number of nitrogens with zero attached hydrogens (tertiary/aromatic N) is 2. The minimum Gasteiger partial charge on any atom is -0.404 e. The van der Waals surface area contributed by atoms with Gasteiger partial charge in [-0.3, -0.25) is 9.89 Å². The van der Waals surface area contributed by atoms with Crippen molar-refractivity contribution < 1.29 is 8.78 Å². The summed E-state index contributed by atoms with van der Waals surface area (Å²) in [6, 6.07) is 6.30. The molecule has 0 aromatic heterocycles. The molecule has 3 rings (SSSR count). The fraction of sp³-hybridized carbons (Fsp3) is 0.464. The fourth-order valence-electron chi connectivity index (χ4n) is 4.18. The summed E-state index contributed by atoms with van der Waals surface area (Å²) >= 11 is 0. The van der Waals surface area contributed by atoms with E-state index in [0.717, 1.165) is 46.5 Å². The predicted molar refractivity (Wildman–Crippen MR) is 146 cm³/mol. The number of nitrogens with two attached hydrogens (primary N) is 2. The molecule has 0 amide bonds. The number of nitrogens with one attached hydrogen (secondary N) is 2. The Labute approximate surface area is 213 Å². The Morgan fingerprint density at radius 2 is 2.03 bits per heavy atom. The highest BCUT2D eigenvalue weighted by atomic mass is 19.3. The van der Waals surface area contributed by atoms with Crippen LogP contribution in [0.4, 0.5) is 8.78 Å². The van der Waals surface area contributed by atoms with Crippen LogP contribution in [-0.4, -0.2) is 48.8 Å². The van der Waals surface area contributed by atoms with Crippen molar-refractivity contribution in [3.63, 3.8) is 0 Å². The van der Waals surface area contributed by atoms with Gasteiger partial charge in [0.05, 0.1) is 11.9 Å². The molecule has 1 atom stereocenters. The molecule has 196 valence electrons. The Morgan fingerprint density at radius 3 is 2.67 bits per heavy atom. The first-order valence-corrected chi connectivity index (χ1v) is 12.7. The second-order valence-electron chi connectivity index (χ2n) is 9.58. The summed E-state index contributed by atoms with van der Waals surface area (Å²) in [7, 11) is 0. The van der Waals surface area contributed by atoms with Gasteiger partial charge in [0.15, 0.2) is 0 Å². The van der Waals surface area contributed by atoms with Crippen molar-refractivity contribution in [1.82, 2.24) is 15.5 Å². The van der Waals surface area contributed by atoms with E-state index in [4.69, 9.17) is 11.5 Å². The number of alkyl halides is 2. The minimum atomic E-state index is -2.62. The summed E-state index contributed by atoms with van der Waals surface area (Å²) in [5.74, 6) is -1.97. The highest BCUT2D eigenvalue weighted by Crippen LogP contribution is 2.29. The molecule has 6 nitrogen and oxygen atoms in total. The SMILES string of the molecule is C=C(CC)/N=C\C(=C/N)C(CNCc1cccc(=C)/c1=C\C=C(/N)NC1CC1)N1CCC(F)(F)CC1. The monoisotopic (exact) mass is 498 g/mol. The molecule has 0 radical (unpaired) electrons. The van der Waals surface area contributed by atoms with Gasteiger partial charge in [0.1, 0.15) is 0 Å². The number of hydrogen-bond donors (Lipinski definition) is 4. The fourth-order valence-corrected chi connectivity index (χ4v) is 4.18. The third kappa shape index (κ3) is 8.31. The number of hydrogen-bond acceptors (Lipinski definition) is 6. The first-order chi connectivity index (χ1) is 17.2. The van der Waals surface area contributed by atoms with Gasteiger partial charge in [-0.1, -0.05) is 44.4 Å². The third-order valence-corrected chi connectivity index (χ3v) is 6.67. The highest BCUT2D eigenvalue weighted by Gasteiger charge is 2.36. The molecule has 1 aliphatic carbocycles. The molecule has 1 saturated heterocycles. The van der Waals surface area contributed by atoms with Crippen LogP contribution in [-0.2, 0) is 6.54 Å². The van der Waals surface area contributed by atoms with Crippen LogP contribution in [0.2, 0.25) is 0 Å². The van der Waals surface area contributed by atoms with Crippen molar-refractivity contribution in [3.05, 3.63) is 70.1 Å². The van der Waals surface area contributed by atoms with Gasteiger partial charge in [0.2, 0.25) is 0 Å². The number of aliphatic imine (C=N–C) groups is 1. The van der Waals surface area contributed by atoms with Gasteiger partial charge in [0, 0.05) is 68.7 Å². The number of allylic oxidation sites excluding steroid dienone is 2. The van der Waals surface area contributed by atoms with E-state index in [9.17, 15) is 8.78 Å². The summed E-state index contributed by atoms with van der Waals surface area (Å²) in [4.78, 5) is 6.47. The predicted octanol–water partition coefficient (Wildman–Crippen LogP) is 2.46. The Hall–Kier alpha value is -2.97. The lowest BCUT2D eigenvalue weighted by molar-refractivity contribution is -0.0599. The normalized spacial score (nSPS) is 20.6. The maximum atomic E-state index is 13.8. The molecule has 1 unspecified atom stereocenters. The summed E-state index contributed by atoms with van der Waals surface area (Å²) in [5.41, 5.74) is 14.7. The Kier molecular flexibility index (Phi) is 9.84. The number of rotatable bonds is 12. The Bertz CT molecular complexity index is 1090. The van der Waals surface area contributed by atoms with Crippen molar-refractivity contribution in [3.8, 4) is 0 Å². The first-order valence-electron chi connectivity index (χ1n) is 12.7. The Morgan fingerprint density at radius 1 is 1.31 bits per heavy atom. The second kappa shape index (κ2) is 12.8. The molecular formula is C28H40F2N6. The number of halogens is 2. The van der Waals surface area contributed by atoms with Crippen molar-refractivity contribution >= 4 is 18.9 Å². The smallest absolute Gasteiger partial charge is 0.250 e. The van der Waals surface area contributed by atoms with E-state index in [-0.39, 0.29) is 18.9 Å². The van der Waals surface area contributed by atoms with Gasteiger partial charge in [-0.05, 0) is 41.3 Å². The first kappa shape index (κ1) is 27.6. The van der Waals surface area contributed by atoms with Gasteiger partial charge in [-0.15, -0.1) is 0 Å². The molecule has 1 heterocycles. The van der Waals surface area contributed by atoms with Crippen LogP contribution < -0.4 is 32.5 Å². The van der Waals surface area contributed by atoms with Crippen LogP contribution >= 0.6 is 0 Å². The summed E-state index contributed by atoms with van der Waals surface area (Å²) < 4.78 is 27.7. The van der Waals surface area contributed by atoms with E-state index in [0.29, 0.717) is 38.0 Å². The lowest BCUT2D eigenvalue weighted by Crippen LogP contribution is -2.50. The molecule has 36 heavy (non-hydrogen) atoms. The zero-order chi connectivity index (χ0) is 26.1. The maximum absolute atomic E-state index is 13.8. The summed E-state index contributed by atoms with van der Waals surface area (Å²) in [6.07, 6.45) is 9.81. The average Bonchev–Trinajstić information content (AvgIpc) is 3.66. The van der Waals surface area contributed by atoms with Crippen LogP contribution in [0.1, 0.15) is 44.6 Å². The van der Waals surface area contributed by atoms with E-state index in [1.165, 1.54) is 6.20 Å². The molecule has 2 aliphatic rings. The highest BCUT2D eigenvalue weighted by molar-refractivity contribution is 5.81. The summed E-state index contributed by atoms with van der Waals surface area (Å²) in [5, 5.41) is 8.71. The number of benzene rings is 1. The van der Waals surface area contributed by atoms with E-state index in [1.807, 2.05) is 31.2 Å². The van der Waals surface area contributed by atoms with E-state index in [1.54, 1.807) is 6.21 Å². The molecule has 6 N–H and O–H groups in total. The summed E-state index contributed by atoms with van der Waals surface area (Å²) in [6.45, 7) is 11.8. The standard InChI is InChI=1S/C28H40F2N6/c1-4-21(3)34-18-23(16-31)26(36-14-12-28(29,30)13-15-36)19-33-17-22-7-5-6-20(2)25(22)10-11-27(32)35-24-8-9-24/h5-7,10-11,16,18,24,26,33,35H,2-4,8-9,12-15,17,19,31-32H2,1H3/b23-16+,25-10+,27-11+,34-18-. The van der Waals surface area contributed by atoms with Gasteiger partial charge in [0.25, 0.3) is 5.92 Å². The lowest BCUT2D eigenvalue weighted by Gasteiger charge is -2.38. The zero-order valence-corrected chi connectivity index (χ0v) is 21.3. The molecule has 8 heteroatoms. The second-order valence-corrected chi connectivity index (χ2v) is 9.58. The lowest BCUT2D eigenvalue weighted by atomic mass is 10.0. The van der Waals surface area contributed by atoms with Crippen LogP contribution in [0.15, 0.2) is 59.1 Å². The minimum absolute atomic E-state index is 0.161. The molecule has 1 aromatic rings. The van der Waals surface area contributed by atoms with Gasteiger partial charge >= 0.3 is 0 Å². The van der Waals surface area contributed by atoms with Gasteiger partial charge in [-0.25, -0.2) is 8.78 Å².